The first-order valence-corrected chi connectivity index (χ1v) is 12.6. The summed E-state index contributed by atoms with van der Waals surface area (Å²) in [6.45, 7) is 0.387. The molecule has 0 amide bonds. The van der Waals surface area contributed by atoms with Crippen LogP contribution in [0.25, 0.3) is 0 Å². The van der Waals surface area contributed by atoms with Crippen LogP contribution in [-0.2, 0) is 6.61 Å². The molecule has 6 nitrogen and oxygen atoms in total. The third-order valence-corrected chi connectivity index (χ3v) is 6.60. The number of hydrogen-bond acceptors (Lipinski definition) is 7. The zero-order valence-electron chi connectivity index (χ0n) is 19.8. The second-order valence-electron chi connectivity index (χ2n) is 7.88. The van der Waals surface area contributed by atoms with Crippen LogP contribution in [0.1, 0.15) is 26.3 Å². The fraction of sp³-hybridized carbons (Fsp3) is 0.103. The summed E-state index contributed by atoms with van der Waals surface area (Å²) in [5, 5.41) is 10.8. The van der Waals surface area contributed by atoms with Gasteiger partial charge in [-0.3, -0.25) is 4.79 Å². The highest BCUT2D eigenvalue weighted by atomic mass is 35.5. The van der Waals surface area contributed by atoms with Crippen LogP contribution >= 0.6 is 23.4 Å². The summed E-state index contributed by atoms with van der Waals surface area (Å²) in [6.07, 6.45) is 0. The highest BCUT2D eigenvalue weighted by Gasteiger charge is 2.17. The van der Waals surface area contributed by atoms with Gasteiger partial charge in [-0.05, 0) is 66.2 Å². The lowest BCUT2D eigenvalue weighted by Gasteiger charge is -2.12. The van der Waals surface area contributed by atoms with Crippen LogP contribution < -0.4 is 14.2 Å². The van der Waals surface area contributed by atoms with Crippen molar-refractivity contribution >= 4 is 35.1 Å². The van der Waals surface area contributed by atoms with Crippen molar-refractivity contribution in [2.75, 3.05) is 12.9 Å². The number of ketones is 1. The molecule has 0 radical (unpaired) electrons. The number of carbonyl (C=O) groups excluding carboxylic acids is 2. The Morgan fingerprint density at radius 1 is 0.865 bits per heavy atom. The van der Waals surface area contributed by atoms with E-state index < -0.39 is 5.97 Å². The molecule has 0 heterocycles. The maximum atomic E-state index is 12.9. The molecular weight excluding hydrogens is 512 g/mol. The van der Waals surface area contributed by atoms with Crippen molar-refractivity contribution < 1.29 is 28.9 Å². The second kappa shape index (κ2) is 12.3. The molecule has 0 saturated carbocycles. The molecule has 188 valence electrons. The lowest BCUT2D eigenvalue weighted by atomic mass is 10.1. The van der Waals surface area contributed by atoms with Crippen molar-refractivity contribution in [3.63, 3.8) is 0 Å². The van der Waals surface area contributed by atoms with Gasteiger partial charge in [-0.15, -0.1) is 11.8 Å². The Bertz CT molecular complexity index is 1390. The van der Waals surface area contributed by atoms with E-state index in [9.17, 15) is 14.7 Å². The Hall–Kier alpha value is -3.94. The molecule has 0 saturated heterocycles. The molecule has 0 unspecified atom stereocenters. The number of aromatic hydroxyl groups is 1. The van der Waals surface area contributed by atoms with Gasteiger partial charge in [0, 0.05) is 10.6 Å². The fourth-order valence-electron chi connectivity index (χ4n) is 3.34. The molecule has 0 spiro atoms. The van der Waals surface area contributed by atoms with E-state index in [1.165, 1.54) is 31.0 Å². The Balaban J connectivity index is 1.42. The number of rotatable bonds is 10. The molecule has 0 aliphatic rings. The summed E-state index contributed by atoms with van der Waals surface area (Å²) in [4.78, 5) is 26.0. The summed E-state index contributed by atoms with van der Waals surface area (Å²) in [7, 11) is 1.45. The first-order chi connectivity index (χ1) is 17.9. The molecule has 0 aliphatic carbocycles. The lowest BCUT2D eigenvalue weighted by molar-refractivity contribution is 0.0728. The van der Waals surface area contributed by atoms with E-state index in [-0.39, 0.29) is 23.0 Å². The van der Waals surface area contributed by atoms with Gasteiger partial charge in [0.2, 0.25) is 0 Å². The Morgan fingerprint density at radius 3 is 2.32 bits per heavy atom. The largest absolute Gasteiger partial charge is 0.507 e. The predicted octanol–water partition coefficient (Wildman–Crippen LogP) is 6.83. The zero-order chi connectivity index (χ0) is 26.2. The molecular formula is C29H23ClO6S. The number of esters is 1. The molecule has 4 aromatic carbocycles. The first-order valence-electron chi connectivity index (χ1n) is 11.2. The van der Waals surface area contributed by atoms with Crippen molar-refractivity contribution in [1.82, 2.24) is 0 Å². The zero-order valence-corrected chi connectivity index (χ0v) is 21.4. The minimum absolute atomic E-state index is 0.0482. The van der Waals surface area contributed by atoms with Crippen LogP contribution in [0, 0.1) is 0 Å². The Labute approximate surface area is 223 Å². The molecule has 0 bridgehead atoms. The number of hydrogen-bond donors (Lipinski definition) is 1. The number of phenols is 1. The average Bonchev–Trinajstić information content (AvgIpc) is 2.92. The van der Waals surface area contributed by atoms with Gasteiger partial charge in [-0.2, -0.15) is 0 Å². The quantitative estimate of drug-likeness (QED) is 0.103. The third-order valence-electron chi connectivity index (χ3n) is 5.31. The van der Waals surface area contributed by atoms with Crippen LogP contribution in [0.4, 0.5) is 0 Å². The van der Waals surface area contributed by atoms with Gasteiger partial charge >= 0.3 is 5.97 Å². The summed E-state index contributed by atoms with van der Waals surface area (Å²) in [5.41, 5.74) is 1.67. The van der Waals surface area contributed by atoms with Gasteiger partial charge < -0.3 is 19.3 Å². The fourth-order valence-corrected chi connectivity index (χ4v) is 4.34. The number of benzene rings is 4. The summed E-state index contributed by atoms with van der Waals surface area (Å²) < 4.78 is 16.6. The van der Waals surface area contributed by atoms with Gasteiger partial charge in [0.1, 0.15) is 18.1 Å². The minimum atomic E-state index is -0.605. The Morgan fingerprint density at radius 2 is 1.59 bits per heavy atom. The van der Waals surface area contributed by atoms with E-state index in [1.807, 2.05) is 30.3 Å². The monoisotopic (exact) mass is 534 g/mol. The topological polar surface area (TPSA) is 82.1 Å². The number of methoxy groups -OCH3 is 1. The smallest absolute Gasteiger partial charge is 0.343 e. The Kier molecular flexibility index (Phi) is 8.72. The van der Waals surface area contributed by atoms with Crippen LogP contribution in [0.15, 0.2) is 95.9 Å². The predicted molar refractivity (Wildman–Crippen MR) is 143 cm³/mol. The minimum Gasteiger partial charge on any atom is -0.507 e. The van der Waals surface area contributed by atoms with E-state index in [2.05, 4.69) is 0 Å². The molecule has 4 aromatic rings. The summed E-state index contributed by atoms with van der Waals surface area (Å²) in [5.74, 6) is 0.296. The molecule has 0 aromatic heterocycles. The van der Waals surface area contributed by atoms with Gasteiger partial charge in [-0.1, -0.05) is 41.9 Å². The highest BCUT2D eigenvalue weighted by Crippen LogP contribution is 2.34. The molecule has 37 heavy (non-hydrogen) atoms. The van der Waals surface area contributed by atoms with Crippen LogP contribution in [0.5, 0.6) is 23.0 Å². The van der Waals surface area contributed by atoms with Crippen LogP contribution in [0.2, 0.25) is 5.02 Å². The molecule has 8 heteroatoms. The average molecular weight is 535 g/mol. The van der Waals surface area contributed by atoms with E-state index in [0.29, 0.717) is 39.2 Å². The molecule has 4 rings (SSSR count). The first kappa shape index (κ1) is 26.1. The molecule has 1 N–H and O–H groups in total. The van der Waals surface area contributed by atoms with Crippen molar-refractivity contribution in [3.8, 4) is 23.0 Å². The van der Waals surface area contributed by atoms with Crippen molar-refractivity contribution in [3.05, 3.63) is 113 Å². The molecule has 0 aliphatic heterocycles. The third kappa shape index (κ3) is 7.06. The van der Waals surface area contributed by atoms with E-state index in [4.69, 9.17) is 25.8 Å². The summed E-state index contributed by atoms with van der Waals surface area (Å²) in [6, 6.07) is 25.5. The maximum Gasteiger partial charge on any atom is 0.343 e. The van der Waals surface area contributed by atoms with Crippen molar-refractivity contribution in [1.29, 1.82) is 0 Å². The number of phenolic OH excluding ortho intramolecular Hbond substituents is 1. The summed E-state index contributed by atoms with van der Waals surface area (Å²) >= 11 is 7.06. The lowest BCUT2D eigenvalue weighted by Crippen LogP contribution is -2.10. The van der Waals surface area contributed by atoms with Crippen LogP contribution in [-0.4, -0.2) is 29.7 Å². The molecule has 0 atom stereocenters. The van der Waals surface area contributed by atoms with E-state index in [0.717, 1.165) is 5.56 Å². The number of Topliss-reactive ketones (excluding diaryl/α,β-unsaturated/α-hetero) is 1. The molecule has 0 fully saturated rings. The maximum absolute atomic E-state index is 12.9. The van der Waals surface area contributed by atoms with E-state index >= 15 is 0 Å². The van der Waals surface area contributed by atoms with Gasteiger partial charge in [0.05, 0.1) is 23.3 Å². The normalized spacial score (nSPS) is 10.5. The van der Waals surface area contributed by atoms with Crippen LogP contribution in [0.3, 0.4) is 0 Å². The van der Waals surface area contributed by atoms with Crippen molar-refractivity contribution in [2.24, 2.45) is 0 Å². The van der Waals surface area contributed by atoms with Crippen molar-refractivity contribution in [2.45, 2.75) is 11.5 Å². The van der Waals surface area contributed by atoms with Gasteiger partial charge in [0.25, 0.3) is 0 Å². The standard InChI is InChI=1S/C29H23ClO6S/c1-34-26-14-9-21(15-27(26)36-29(33)20-7-10-22(30)11-8-20)25(32)18-37-28-16-23(12-13-24(28)31)35-17-19-5-3-2-4-6-19/h2-16,31H,17-18H2,1H3. The van der Waals surface area contributed by atoms with E-state index in [1.54, 1.807) is 48.5 Å². The number of halogens is 1. The van der Waals surface area contributed by atoms with Gasteiger partial charge in [0.15, 0.2) is 17.3 Å². The SMILES string of the molecule is COc1ccc(C(=O)CSc2cc(OCc3ccccc3)ccc2O)cc1OC(=O)c1ccc(Cl)cc1. The number of thioether (sulfide) groups is 1. The van der Waals surface area contributed by atoms with Gasteiger partial charge in [-0.25, -0.2) is 4.79 Å². The second-order valence-corrected chi connectivity index (χ2v) is 9.33. The number of ether oxygens (including phenoxy) is 3. The highest BCUT2D eigenvalue weighted by molar-refractivity contribution is 8.00. The number of carbonyl (C=O) groups is 2.